The van der Waals surface area contributed by atoms with E-state index in [1.807, 2.05) is 0 Å². The summed E-state index contributed by atoms with van der Waals surface area (Å²) < 4.78 is 10.6. The summed E-state index contributed by atoms with van der Waals surface area (Å²) in [5, 5.41) is 3.48. The number of aryl methyl sites for hydroxylation is 2. The molecule has 0 saturated heterocycles. The molecule has 0 heterocycles. The van der Waals surface area contributed by atoms with Crippen LogP contribution in [0.3, 0.4) is 0 Å². The van der Waals surface area contributed by atoms with Gasteiger partial charge in [0.15, 0.2) is 0 Å². The molecular formula is C15H25NO2. The molecule has 1 N–H and O–H groups in total. The molecule has 102 valence electrons. The highest BCUT2D eigenvalue weighted by Crippen LogP contribution is 2.19. The van der Waals surface area contributed by atoms with E-state index in [0.29, 0.717) is 19.8 Å². The first-order valence-corrected chi connectivity index (χ1v) is 6.56. The minimum absolute atomic E-state index is 0.256. The molecule has 1 unspecified atom stereocenters. The minimum Gasteiger partial charge on any atom is -0.382 e. The molecular weight excluding hydrogens is 226 g/mol. The molecule has 0 aliphatic rings. The number of nitrogens with one attached hydrogen (secondary N) is 1. The maximum absolute atomic E-state index is 5.65. The van der Waals surface area contributed by atoms with Gasteiger partial charge in [-0.25, -0.2) is 0 Å². The molecule has 0 saturated carbocycles. The maximum atomic E-state index is 5.65. The van der Waals surface area contributed by atoms with Crippen molar-refractivity contribution in [2.24, 2.45) is 0 Å². The summed E-state index contributed by atoms with van der Waals surface area (Å²) in [7, 11) is 1.69. The van der Waals surface area contributed by atoms with Crippen molar-refractivity contribution in [1.29, 1.82) is 0 Å². The van der Waals surface area contributed by atoms with Crippen LogP contribution >= 0.6 is 0 Å². The molecule has 1 aromatic rings. The summed E-state index contributed by atoms with van der Waals surface area (Å²) in [5.74, 6) is 0. The molecule has 0 aliphatic carbocycles. The molecule has 0 aromatic heterocycles. The van der Waals surface area contributed by atoms with Crippen LogP contribution in [-0.4, -0.2) is 33.5 Å². The van der Waals surface area contributed by atoms with Gasteiger partial charge in [-0.05, 0) is 31.5 Å². The lowest BCUT2D eigenvalue weighted by molar-refractivity contribution is 0.0587. The van der Waals surface area contributed by atoms with E-state index in [1.54, 1.807) is 7.11 Å². The number of hydrogen-bond acceptors (Lipinski definition) is 3. The lowest BCUT2D eigenvalue weighted by Crippen LogP contribution is -2.26. The number of methoxy groups -OCH3 is 1. The van der Waals surface area contributed by atoms with Gasteiger partial charge in [0.05, 0.1) is 25.9 Å². The van der Waals surface area contributed by atoms with Crippen molar-refractivity contribution in [2.45, 2.75) is 26.8 Å². The van der Waals surface area contributed by atoms with Crippen molar-refractivity contribution >= 4 is 0 Å². The standard InChI is InChI=1S/C15H25NO2/c1-5-16-15(11-18-9-8-17-4)14-10-12(2)6-7-13(14)3/h6-7,10,15-16H,5,8-9,11H2,1-4H3. The van der Waals surface area contributed by atoms with E-state index in [9.17, 15) is 0 Å². The van der Waals surface area contributed by atoms with Crippen LogP contribution in [0.4, 0.5) is 0 Å². The first kappa shape index (κ1) is 15.2. The predicted octanol–water partition coefficient (Wildman–Crippen LogP) is 2.62. The molecule has 3 heteroatoms. The van der Waals surface area contributed by atoms with E-state index in [1.165, 1.54) is 16.7 Å². The fourth-order valence-electron chi connectivity index (χ4n) is 1.98. The molecule has 18 heavy (non-hydrogen) atoms. The van der Waals surface area contributed by atoms with Crippen molar-refractivity contribution < 1.29 is 9.47 Å². The Morgan fingerprint density at radius 1 is 1.22 bits per heavy atom. The average Bonchev–Trinajstić information content (AvgIpc) is 2.36. The van der Waals surface area contributed by atoms with E-state index >= 15 is 0 Å². The number of likely N-dealkylation sites (N-methyl/N-ethyl adjacent to an activating group) is 1. The normalized spacial score (nSPS) is 12.7. The highest BCUT2D eigenvalue weighted by Gasteiger charge is 2.13. The van der Waals surface area contributed by atoms with E-state index < -0.39 is 0 Å². The second kappa shape index (κ2) is 8.25. The van der Waals surface area contributed by atoms with Gasteiger partial charge in [-0.15, -0.1) is 0 Å². The van der Waals surface area contributed by atoms with E-state index in [-0.39, 0.29) is 6.04 Å². The number of hydrogen-bond donors (Lipinski definition) is 1. The van der Waals surface area contributed by atoms with Gasteiger partial charge in [-0.3, -0.25) is 0 Å². The summed E-state index contributed by atoms with van der Waals surface area (Å²) in [6.45, 7) is 9.29. The third-order valence-electron chi connectivity index (χ3n) is 2.98. The van der Waals surface area contributed by atoms with Gasteiger partial charge < -0.3 is 14.8 Å². The minimum atomic E-state index is 0.256. The Morgan fingerprint density at radius 2 is 2.00 bits per heavy atom. The lowest BCUT2D eigenvalue weighted by atomic mass is 9.99. The number of ether oxygens (including phenoxy) is 2. The molecule has 0 spiro atoms. The first-order chi connectivity index (χ1) is 8.69. The zero-order valence-electron chi connectivity index (χ0n) is 12.0. The molecule has 0 aliphatic heterocycles. The van der Waals surface area contributed by atoms with Gasteiger partial charge in [0, 0.05) is 7.11 Å². The number of benzene rings is 1. The quantitative estimate of drug-likeness (QED) is 0.720. The molecule has 0 amide bonds. The molecule has 1 atom stereocenters. The van der Waals surface area contributed by atoms with Gasteiger partial charge in [-0.1, -0.05) is 30.7 Å². The fraction of sp³-hybridized carbons (Fsp3) is 0.600. The van der Waals surface area contributed by atoms with E-state index in [2.05, 4.69) is 44.3 Å². The molecule has 0 bridgehead atoms. The monoisotopic (exact) mass is 251 g/mol. The van der Waals surface area contributed by atoms with Crippen LogP contribution in [0, 0.1) is 13.8 Å². The molecule has 3 nitrogen and oxygen atoms in total. The van der Waals surface area contributed by atoms with Crippen molar-refractivity contribution in [3.63, 3.8) is 0 Å². The van der Waals surface area contributed by atoms with Crippen LogP contribution in [0.5, 0.6) is 0 Å². The molecule has 1 aromatic carbocycles. The van der Waals surface area contributed by atoms with Crippen molar-refractivity contribution in [3.8, 4) is 0 Å². The maximum Gasteiger partial charge on any atom is 0.0701 e. The second-order valence-electron chi connectivity index (χ2n) is 4.54. The van der Waals surface area contributed by atoms with Crippen LogP contribution in [0.1, 0.15) is 29.7 Å². The predicted molar refractivity (Wildman–Crippen MR) is 75.0 cm³/mol. The lowest BCUT2D eigenvalue weighted by Gasteiger charge is -2.21. The van der Waals surface area contributed by atoms with E-state index in [4.69, 9.17) is 9.47 Å². The summed E-state index contributed by atoms with van der Waals surface area (Å²) in [5.41, 5.74) is 3.92. The Morgan fingerprint density at radius 3 is 2.67 bits per heavy atom. The Hall–Kier alpha value is -0.900. The van der Waals surface area contributed by atoms with Gasteiger partial charge in [0.2, 0.25) is 0 Å². The summed E-state index contributed by atoms with van der Waals surface area (Å²) in [6, 6.07) is 6.81. The Bertz CT molecular complexity index is 352. The third kappa shape index (κ3) is 4.77. The van der Waals surface area contributed by atoms with Crippen molar-refractivity contribution in [3.05, 3.63) is 34.9 Å². The SMILES string of the molecule is CCNC(COCCOC)c1cc(C)ccc1C. The Balaban J connectivity index is 2.67. The molecule has 0 radical (unpaired) electrons. The van der Waals surface area contributed by atoms with Crippen LogP contribution in [0.25, 0.3) is 0 Å². The highest BCUT2D eigenvalue weighted by molar-refractivity contribution is 5.33. The van der Waals surface area contributed by atoms with Gasteiger partial charge in [0.25, 0.3) is 0 Å². The fourth-order valence-corrected chi connectivity index (χ4v) is 1.98. The Kier molecular flexibility index (Phi) is 6.94. The van der Waals surface area contributed by atoms with Gasteiger partial charge in [0.1, 0.15) is 0 Å². The summed E-state index contributed by atoms with van der Waals surface area (Å²) in [6.07, 6.45) is 0. The van der Waals surface area contributed by atoms with Crippen LogP contribution in [0.15, 0.2) is 18.2 Å². The van der Waals surface area contributed by atoms with Crippen LogP contribution in [-0.2, 0) is 9.47 Å². The third-order valence-corrected chi connectivity index (χ3v) is 2.98. The summed E-state index contributed by atoms with van der Waals surface area (Å²) >= 11 is 0. The van der Waals surface area contributed by atoms with Gasteiger partial charge in [-0.2, -0.15) is 0 Å². The largest absolute Gasteiger partial charge is 0.382 e. The van der Waals surface area contributed by atoms with Crippen LogP contribution < -0.4 is 5.32 Å². The van der Waals surface area contributed by atoms with Crippen molar-refractivity contribution in [1.82, 2.24) is 5.32 Å². The molecule has 1 rings (SSSR count). The average molecular weight is 251 g/mol. The zero-order chi connectivity index (χ0) is 13.4. The van der Waals surface area contributed by atoms with Gasteiger partial charge >= 0.3 is 0 Å². The van der Waals surface area contributed by atoms with E-state index in [0.717, 1.165) is 6.54 Å². The second-order valence-corrected chi connectivity index (χ2v) is 4.54. The Labute approximate surface area is 110 Å². The summed E-state index contributed by atoms with van der Waals surface area (Å²) in [4.78, 5) is 0. The topological polar surface area (TPSA) is 30.5 Å². The first-order valence-electron chi connectivity index (χ1n) is 6.56. The number of rotatable bonds is 8. The van der Waals surface area contributed by atoms with Crippen molar-refractivity contribution in [2.75, 3.05) is 33.5 Å². The van der Waals surface area contributed by atoms with Crippen LogP contribution in [0.2, 0.25) is 0 Å². The highest BCUT2D eigenvalue weighted by atomic mass is 16.5. The molecule has 0 fully saturated rings. The zero-order valence-corrected chi connectivity index (χ0v) is 12.0. The smallest absolute Gasteiger partial charge is 0.0701 e.